The number of piperidine rings is 1. The molecule has 1 saturated heterocycles. The fourth-order valence-electron chi connectivity index (χ4n) is 2.43. The minimum atomic E-state index is -3.31. The zero-order chi connectivity index (χ0) is 15.3. The molecule has 1 atom stereocenters. The summed E-state index contributed by atoms with van der Waals surface area (Å²) in [7, 11) is -3.31. The van der Waals surface area contributed by atoms with E-state index in [4.69, 9.17) is 0 Å². The van der Waals surface area contributed by atoms with E-state index in [1.165, 1.54) is 10.5 Å². The van der Waals surface area contributed by atoms with E-state index in [9.17, 15) is 8.42 Å². The number of hydrogen-bond donors (Lipinski definition) is 1. The van der Waals surface area contributed by atoms with Crippen molar-refractivity contribution in [2.45, 2.75) is 31.6 Å². The van der Waals surface area contributed by atoms with E-state index in [0.717, 1.165) is 18.6 Å². The number of nitrogens with one attached hydrogen (secondary N) is 1. The Morgan fingerprint density at radius 1 is 1.33 bits per heavy atom. The molecule has 118 valence electrons. The number of hydrogen-bond acceptors (Lipinski definition) is 3. The molecule has 0 unspecified atom stereocenters. The van der Waals surface area contributed by atoms with Crippen molar-refractivity contribution in [1.29, 1.82) is 0 Å². The van der Waals surface area contributed by atoms with Crippen molar-refractivity contribution < 1.29 is 8.42 Å². The molecule has 0 aromatic heterocycles. The number of aryl methyl sites for hydroxylation is 1. The van der Waals surface area contributed by atoms with E-state index in [1.807, 2.05) is 0 Å². The molecule has 1 N–H and O–H groups in total. The molecule has 0 saturated carbocycles. The van der Waals surface area contributed by atoms with E-state index < -0.39 is 10.2 Å². The second kappa shape index (κ2) is 7.63. The molecule has 1 aliphatic heterocycles. The van der Waals surface area contributed by atoms with Crippen molar-refractivity contribution >= 4 is 22.0 Å². The van der Waals surface area contributed by atoms with Gasteiger partial charge in [-0.15, -0.1) is 11.8 Å². The molecule has 1 aromatic carbocycles. The lowest BCUT2D eigenvalue weighted by Crippen LogP contribution is -2.46. The number of nitrogens with zero attached hydrogens (tertiary/aromatic N) is 1. The Bertz CT molecular complexity index is 543. The van der Waals surface area contributed by atoms with Gasteiger partial charge in [-0.1, -0.05) is 24.6 Å². The summed E-state index contributed by atoms with van der Waals surface area (Å²) in [5.74, 6) is 1.20. The van der Waals surface area contributed by atoms with Gasteiger partial charge in [0.15, 0.2) is 0 Å². The monoisotopic (exact) mass is 328 g/mol. The van der Waals surface area contributed by atoms with Gasteiger partial charge in [-0.25, -0.2) is 4.72 Å². The standard InChI is InChI=1S/C15H24N2O2S2/c1-13-5-7-15(8-6-13)20-11-9-16-21(18,19)17-10-3-4-14(2)12-17/h5-8,14,16H,3-4,9-12H2,1-2H3/t14-/m0/s1. The predicted molar refractivity (Wildman–Crippen MR) is 88.8 cm³/mol. The van der Waals surface area contributed by atoms with Crippen molar-refractivity contribution in [1.82, 2.24) is 9.03 Å². The van der Waals surface area contributed by atoms with Crippen molar-refractivity contribution in [2.75, 3.05) is 25.4 Å². The number of benzene rings is 1. The van der Waals surface area contributed by atoms with Crippen LogP contribution in [0.1, 0.15) is 25.3 Å². The van der Waals surface area contributed by atoms with Crippen molar-refractivity contribution in [3.63, 3.8) is 0 Å². The minimum absolute atomic E-state index is 0.456. The maximum absolute atomic E-state index is 12.2. The average molecular weight is 329 g/mol. The van der Waals surface area contributed by atoms with Crippen molar-refractivity contribution in [2.24, 2.45) is 5.92 Å². The minimum Gasteiger partial charge on any atom is -0.201 e. The lowest BCUT2D eigenvalue weighted by atomic mass is 10.0. The van der Waals surface area contributed by atoms with E-state index in [0.29, 0.717) is 25.6 Å². The van der Waals surface area contributed by atoms with Gasteiger partial charge in [0.2, 0.25) is 0 Å². The van der Waals surface area contributed by atoms with Crippen LogP contribution in [0.5, 0.6) is 0 Å². The molecule has 0 radical (unpaired) electrons. The molecule has 0 spiro atoms. The summed E-state index contributed by atoms with van der Waals surface area (Å²) in [6.45, 7) is 5.91. The normalized spacial score (nSPS) is 20.6. The smallest absolute Gasteiger partial charge is 0.201 e. The SMILES string of the molecule is Cc1ccc(SCCNS(=O)(=O)N2CCC[C@H](C)C2)cc1. The molecule has 1 fully saturated rings. The Labute approximate surface area is 132 Å². The van der Waals surface area contributed by atoms with Crippen LogP contribution in [0.4, 0.5) is 0 Å². The largest absolute Gasteiger partial charge is 0.279 e. The molecule has 0 amide bonds. The van der Waals surface area contributed by atoms with Crippen LogP contribution in [0.2, 0.25) is 0 Å². The number of thioether (sulfide) groups is 1. The lowest BCUT2D eigenvalue weighted by Gasteiger charge is -2.29. The van der Waals surface area contributed by atoms with Crippen LogP contribution in [0, 0.1) is 12.8 Å². The summed E-state index contributed by atoms with van der Waals surface area (Å²) in [6.07, 6.45) is 2.08. The van der Waals surface area contributed by atoms with E-state index in [-0.39, 0.29) is 0 Å². The lowest BCUT2D eigenvalue weighted by molar-refractivity contribution is 0.278. The maximum Gasteiger partial charge on any atom is 0.279 e. The Hall–Kier alpha value is -0.560. The molecule has 4 nitrogen and oxygen atoms in total. The molecule has 1 aliphatic rings. The zero-order valence-electron chi connectivity index (χ0n) is 12.7. The summed E-state index contributed by atoms with van der Waals surface area (Å²) < 4.78 is 28.7. The van der Waals surface area contributed by atoms with Crippen LogP contribution in [0.3, 0.4) is 0 Å². The van der Waals surface area contributed by atoms with Crippen LogP contribution in [-0.2, 0) is 10.2 Å². The van der Waals surface area contributed by atoms with Gasteiger partial charge in [-0.05, 0) is 37.8 Å². The highest BCUT2D eigenvalue weighted by atomic mass is 32.2. The third kappa shape index (κ3) is 5.29. The first-order valence-corrected chi connectivity index (χ1v) is 9.84. The molecule has 0 bridgehead atoms. The fraction of sp³-hybridized carbons (Fsp3) is 0.600. The van der Waals surface area contributed by atoms with Gasteiger partial charge in [0.05, 0.1) is 0 Å². The Kier molecular flexibility index (Phi) is 6.10. The zero-order valence-corrected chi connectivity index (χ0v) is 14.3. The van der Waals surface area contributed by atoms with Crippen LogP contribution in [0.25, 0.3) is 0 Å². The predicted octanol–water partition coefficient (Wildman–Crippen LogP) is 2.65. The van der Waals surface area contributed by atoms with Gasteiger partial charge in [0, 0.05) is 30.3 Å². The maximum atomic E-state index is 12.2. The number of rotatable bonds is 6. The molecule has 0 aliphatic carbocycles. The van der Waals surface area contributed by atoms with Crippen LogP contribution in [-0.4, -0.2) is 38.1 Å². The second-order valence-electron chi connectivity index (χ2n) is 5.67. The third-order valence-corrected chi connectivity index (χ3v) is 6.23. The van der Waals surface area contributed by atoms with Gasteiger partial charge in [-0.3, -0.25) is 0 Å². The quantitative estimate of drug-likeness (QED) is 0.645. The highest BCUT2D eigenvalue weighted by Crippen LogP contribution is 2.19. The van der Waals surface area contributed by atoms with E-state index in [2.05, 4.69) is 42.8 Å². The van der Waals surface area contributed by atoms with E-state index in [1.54, 1.807) is 16.1 Å². The van der Waals surface area contributed by atoms with Gasteiger partial charge in [-0.2, -0.15) is 12.7 Å². The van der Waals surface area contributed by atoms with Crippen molar-refractivity contribution in [3.05, 3.63) is 29.8 Å². The average Bonchev–Trinajstić information content (AvgIpc) is 2.45. The molecule has 21 heavy (non-hydrogen) atoms. The summed E-state index contributed by atoms with van der Waals surface area (Å²) >= 11 is 1.67. The molecule has 1 heterocycles. The third-order valence-electron chi connectivity index (χ3n) is 3.64. The fourth-order valence-corrected chi connectivity index (χ4v) is 4.69. The summed E-state index contributed by atoms with van der Waals surface area (Å²) in [4.78, 5) is 1.17. The van der Waals surface area contributed by atoms with Crippen LogP contribution in [0.15, 0.2) is 29.2 Å². The van der Waals surface area contributed by atoms with Gasteiger partial charge in [0.1, 0.15) is 0 Å². The van der Waals surface area contributed by atoms with Crippen LogP contribution < -0.4 is 4.72 Å². The topological polar surface area (TPSA) is 49.4 Å². The Balaban J connectivity index is 1.75. The Morgan fingerprint density at radius 3 is 2.71 bits per heavy atom. The molecule has 2 rings (SSSR count). The first kappa shape index (κ1) is 16.8. The van der Waals surface area contributed by atoms with Crippen LogP contribution >= 0.6 is 11.8 Å². The highest BCUT2D eigenvalue weighted by Gasteiger charge is 2.26. The van der Waals surface area contributed by atoms with Gasteiger partial charge < -0.3 is 0 Å². The Morgan fingerprint density at radius 2 is 2.05 bits per heavy atom. The highest BCUT2D eigenvalue weighted by molar-refractivity contribution is 7.99. The first-order valence-electron chi connectivity index (χ1n) is 7.41. The molecular formula is C15H24N2O2S2. The molecule has 6 heteroatoms. The first-order chi connectivity index (χ1) is 9.97. The molecular weight excluding hydrogens is 304 g/mol. The molecule has 1 aromatic rings. The van der Waals surface area contributed by atoms with Gasteiger partial charge >= 0.3 is 0 Å². The summed E-state index contributed by atoms with van der Waals surface area (Å²) in [5, 5.41) is 0. The van der Waals surface area contributed by atoms with Gasteiger partial charge in [0.25, 0.3) is 10.2 Å². The summed E-state index contributed by atoms with van der Waals surface area (Å²) in [5.41, 5.74) is 1.24. The summed E-state index contributed by atoms with van der Waals surface area (Å²) in [6, 6.07) is 8.28. The van der Waals surface area contributed by atoms with E-state index >= 15 is 0 Å². The second-order valence-corrected chi connectivity index (χ2v) is 8.59. The van der Waals surface area contributed by atoms with Crippen molar-refractivity contribution in [3.8, 4) is 0 Å².